The van der Waals surface area contributed by atoms with Gasteiger partial charge in [-0.1, -0.05) is 23.8 Å². The van der Waals surface area contributed by atoms with Crippen molar-refractivity contribution in [2.45, 2.75) is 13.5 Å². The van der Waals surface area contributed by atoms with Gasteiger partial charge in [-0.25, -0.2) is 4.79 Å². The zero-order chi connectivity index (χ0) is 18.2. The third-order valence-corrected chi connectivity index (χ3v) is 3.53. The van der Waals surface area contributed by atoms with Gasteiger partial charge in [-0.2, -0.15) is 0 Å². The van der Waals surface area contributed by atoms with Gasteiger partial charge in [0.15, 0.2) is 18.1 Å². The molecule has 25 heavy (non-hydrogen) atoms. The van der Waals surface area contributed by atoms with Crippen LogP contribution in [0.1, 0.15) is 21.5 Å². The largest absolute Gasteiger partial charge is 0.493 e. The SMILES string of the molecule is COc1ccc(CNC(=O)COC(=O)c2cccc(C)c2)cc1OC. The van der Waals surface area contributed by atoms with Crippen LogP contribution in [0, 0.1) is 6.92 Å². The molecule has 0 aliphatic rings. The predicted molar refractivity (Wildman–Crippen MR) is 92.9 cm³/mol. The van der Waals surface area contributed by atoms with Gasteiger partial charge >= 0.3 is 5.97 Å². The number of ether oxygens (including phenoxy) is 3. The summed E-state index contributed by atoms with van der Waals surface area (Å²) in [5, 5.41) is 2.69. The second kappa shape index (κ2) is 8.73. The van der Waals surface area contributed by atoms with Crippen molar-refractivity contribution in [3.63, 3.8) is 0 Å². The van der Waals surface area contributed by atoms with E-state index < -0.39 is 5.97 Å². The lowest BCUT2D eigenvalue weighted by Gasteiger charge is -2.10. The van der Waals surface area contributed by atoms with E-state index in [0.717, 1.165) is 11.1 Å². The van der Waals surface area contributed by atoms with Crippen LogP contribution in [0.2, 0.25) is 0 Å². The number of benzene rings is 2. The molecule has 0 saturated carbocycles. The topological polar surface area (TPSA) is 73.9 Å². The number of methoxy groups -OCH3 is 2. The molecule has 0 bridgehead atoms. The number of amides is 1. The highest BCUT2D eigenvalue weighted by Gasteiger charge is 2.11. The van der Waals surface area contributed by atoms with Crippen LogP contribution >= 0.6 is 0 Å². The van der Waals surface area contributed by atoms with Crippen LogP contribution in [0.25, 0.3) is 0 Å². The standard InChI is InChI=1S/C19H21NO5/c1-13-5-4-6-15(9-13)19(22)25-12-18(21)20-11-14-7-8-16(23-2)17(10-14)24-3/h4-10H,11-12H2,1-3H3,(H,20,21). The van der Waals surface area contributed by atoms with Crippen LogP contribution in [0.4, 0.5) is 0 Å². The number of rotatable bonds is 7. The Morgan fingerprint density at radius 3 is 2.44 bits per heavy atom. The van der Waals surface area contributed by atoms with Crippen molar-refractivity contribution >= 4 is 11.9 Å². The van der Waals surface area contributed by atoms with Gasteiger partial charge in [0.2, 0.25) is 0 Å². The number of hydrogen-bond donors (Lipinski definition) is 1. The predicted octanol–water partition coefficient (Wildman–Crippen LogP) is 2.49. The first kappa shape index (κ1) is 18.3. The second-order valence-corrected chi connectivity index (χ2v) is 5.41. The maximum Gasteiger partial charge on any atom is 0.338 e. The summed E-state index contributed by atoms with van der Waals surface area (Å²) in [5.41, 5.74) is 2.22. The van der Waals surface area contributed by atoms with Crippen LogP contribution in [0.5, 0.6) is 11.5 Å². The maximum absolute atomic E-state index is 11.9. The number of hydrogen-bond acceptors (Lipinski definition) is 5. The molecule has 0 aromatic heterocycles. The molecule has 0 aliphatic heterocycles. The Labute approximate surface area is 146 Å². The van der Waals surface area contributed by atoms with Gasteiger partial charge in [-0.15, -0.1) is 0 Å². The normalized spacial score (nSPS) is 10.0. The van der Waals surface area contributed by atoms with Crippen LogP contribution < -0.4 is 14.8 Å². The summed E-state index contributed by atoms with van der Waals surface area (Å²) < 4.78 is 15.4. The van der Waals surface area contributed by atoms with E-state index in [1.165, 1.54) is 0 Å². The molecule has 6 nitrogen and oxygen atoms in total. The number of nitrogens with one attached hydrogen (secondary N) is 1. The van der Waals surface area contributed by atoms with Gasteiger partial charge in [-0.05, 0) is 36.8 Å². The average molecular weight is 343 g/mol. The number of carbonyl (C=O) groups is 2. The minimum atomic E-state index is -0.523. The first-order valence-electron chi connectivity index (χ1n) is 7.75. The van der Waals surface area contributed by atoms with Crippen molar-refractivity contribution in [2.24, 2.45) is 0 Å². The molecule has 0 aliphatic carbocycles. The third-order valence-electron chi connectivity index (χ3n) is 3.53. The molecule has 6 heteroatoms. The van der Waals surface area contributed by atoms with E-state index in [-0.39, 0.29) is 12.5 Å². The fourth-order valence-electron chi connectivity index (χ4n) is 2.23. The number of carbonyl (C=O) groups excluding carboxylic acids is 2. The van der Waals surface area contributed by atoms with Gasteiger partial charge in [0.05, 0.1) is 19.8 Å². The van der Waals surface area contributed by atoms with Gasteiger partial charge < -0.3 is 19.5 Å². The van der Waals surface area contributed by atoms with Crippen molar-refractivity contribution in [2.75, 3.05) is 20.8 Å². The zero-order valence-corrected chi connectivity index (χ0v) is 14.5. The quantitative estimate of drug-likeness (QED) is 0.782. The minimum absolute atomic E-state index is 0.293. The van der Waals surface area contributed by atoms with Crippen molar-refractivity contribution < 1.29 is 23.8 Å². The second-order valence-electron chi connectivity index (χ2n) is 5.41. The monoisotopic (exact) mass is 343 g/mol. The molecule has 2 aromatic carbocycles. The highest BCUT2D eigenvalue weighted by molar-refractivity contribution is 5.91. The molecule has 2 aromatic rings. The number of esters is 1. The Kier molecular flexibility index (Phi) is 6.39. The maximum atomic E-state index is 11.9. The van der Waals surface area contributed by atoms with Crippen molar-refractivity contribution in [1.82, 2.24) is 5.32 Å². The van der Waals surface area contributed by atoms with Gasteiger partial charge in [0.25, 0.3) is 5.91 Å². The fourth-order valence-corrected chi connectivity index (χ4v) is 2.23. The molecule has 0 saturated heterocycles. The lowest BCUT2D eigenvalue weighted by molar-refractivity contribution is -0.124. The fraction of sp³-hybridized carbons (Fsp3) is 0.263. The van der Waals surface area contributed by atoms with E-state index in [1.54, 1.807) is 44.6 Å². The third kappa shape index (κ3) is 5.24. The van der Waals surface area contributed by atoms with E-state index in [9.17, 15) is 9.59 Å². The summed E-state index contributed by atoms with van der Waals surface area (Å²) in [4.78, 5) is 23.7. The summed E-state index contributed by atoms with van der Waals surface area (Å²) in [6.45, 7) is 1.84. The van der Waals surface area contributed by atoms with E-state index in [1.807, 2.05) is 19.1 Å². The lowest BCUT2D eigenvalue weighted by Crippen LogP contribution is -2.28. The molecule has 0 atom stereocenters. The van der Waals surface area contributed by atoms with Crippen LogP contribution in [0.3, 0.4) is 0 Å². The first-order chi connectivity index (χ1) is 12.0. The Morgan fingerprint density at radius 1 is 1.00 bits per heavy atom. The molecule has 0 heterocycles. The molecule has 1 N–H and O–H groups in total. The zero-order valence-electron chi connectivity index (χ0n) is 14.5. The van der Waals surface area contributed by atoms with E-state index in [2.05, 4.69) is 5.32 Å². The van der Waals surface area contributed by atoms with Gasteiger partial charge in [0, 0.05) is 6.54 Å². The molecule has 0 spiro atoms. The van der Waals surface area contributed by atoms with Crippen LogP contribution in [-0.2, 0) is 16.1 Å². The Hall–Kier alpha value is -3.02. The Bertz CT molecular complexity index is 757. The van der Waals surface area contributed by atoms with Crippen molar-refractivity contribution in [3.05, 3.63) is 59.2 Å². The summed E-state index contributed by atoms with van der Waals surface area (Å²) in [6, 6.07) is 12.4. The molecular weight excluding hydrogens is 322 g/mol. The molecule has 2 rings (SSSR count). The van der Waals surface area contributed by atoms with E-state index >= 15 is 0 Å². The first-order valence-corrected chi connectivity index (χ1v) is 7.75. The van der Waals surface area contributed by atoms with E-state index in [0.29, 0.717) is 23.6 Å². The summed E-state index contributed by atoms with van der Waals surface area (Å²) in [5.74, 6) is 0.297. The highest BCUT2D eigenvalue weighted by Crippen LogP contribution is 2.27. The summed E-state index contributed by atoms with van der Waals surface area (Å²) in [6.07, 6.45) is 0. The molecule has 0 fully saturated rings. The van der Waals surface area contributed by atoms with Crippen LogP contribution in [0.15, 0.2) is 42.5 Å². The van der Waals surface area contributed by atoms with Gasteiger partial charge in [0.1, 0.15) is 0 Å². The Balaban J connectivity index is 1.83. The number of aryl methyl sites for hydroxylation is 1. The molecular formula is C19H21NO5. The summed E-state index contributed by atoms with van der Waals surface area (Å²) >= 11 is 0. The molecule has 132 valence electrons. The van der Waals surface area contributed by atoms with Crippen molar-refractivity contribution in [3.8, 4) is 11.5 Å². The highest BCUT2D eigenvalue weighted by atomic mass is 16.5. The molecule has 1 amide bonds. The minimum Gasteiger partial charge on any atom is -0.493 e. The van der Waals surface area contributed by atoms with Crippen LogP contribution in [-0.4, -0.2) is 32.7 Å². The molecule has 0 unspecified atom stereocenters. The smallest absolute Gasteiger partial charge is 0.338 e. The Morgan fingerprint density at radius 2 is 1.76 bits per heavy atom. The van der Waals surface area contributed by atoms with Gasteiger partial charge in [-0.3, -0.25) is 4.79 Å². The van der Waals surface area contributed by atoms with E-state index in [4.69, 9.17) is 14.2 Å². The van der Waals surface area contributed by atoms with Crippen molar-refractivity contribution in [1.29, 1.82) is 0 Å². The lowest BCUT2D eigenvalue weighted by atomic mass is 10.1. The molecule has 0 radical (unpaired) electrons. The average Bonchev–Trinajstić information content (AvgIpc) is 2.64. The summed E-state index contributed by atoms with van der Waals surface area (Å²) in [7, 11) is 3.10.